The highest BCUT2D eigenvalue weighted by molar-refractivity contribution is 5.93. The Morgan fingerprint density at radius 3 is 2.85 bits per heavy atom. The van der Waals surface area contributed by atoms with Gasteiger partial charge in [0.25, 0.3) is 5.91 Å². The lowest BCUT2D eigenvalue weighted by atomic mass is 10.1. The van der Waals surface area contributed by atoms with E-state index in [2.05, 4.69) is 28.6 Å². The number of imidazole rings is 2. The van der Waals surface area contributed by atoms with E-state index in [1.807, 2.05) is 39.8 Å². The summed E-state index contributed by atoms with van der Waals surface area (Å²) in [7, 11) is 0. The number of ether oxygens (including phenoxy) is 2. The molecule has 0 atom stereocenters. The van der Waals surface area contributed by atoms with E-state index in [9.17, 15) is 4.79 Å². The number of fused-ring (bicyclic) bond motifs is 3. The van der Waals surface area contributed by atoms with Crippen molar-refractivity contribution < 1.29 is 14.3 Å². The van der Waals surface area contributed by atoms with Crippen LogP contribution >= 0.6 is 0 Å². The molecule has 0 fully saturated rings. The van der Waals surface area contributed by atoms with Crippen LogP contribution in [-0.2, 0) is 32.4 Å². The lowest BCUT2D eigenvalue weighted by Crippen LogP contribution is -2.39. The second kappa shape index (κ2) is 7.95. The Morgan fingerprint density at radius 2 is 1.97 bits per heavy atom. The maximum atomic E-state index is 13.2. The van der Waals surface area contributed by atoms with Gasteiger partial charge < -0.3 is 23.3 Å². The number of amides is 1. The molecule has 0 unspecified atom stereocenters. The third kappa shape index (κ3) is 3.51. The van der Waals surface area contributed by atoms with Crippen LogP contribution in [0.3, 0.4) is 0 Å². The van der Waals surface area contributed by atoms with Crippen LogP contribution in [0.5, 0.6) is 11.5 Å². The number of carbonyl (C=O) groups is 1. The molecule has 0 saturated heterocycles. The van der Waals surface area contributed by atoms with E-state index in [1.54, 1.807) is 6.20 Å². The summed E-state index contributed by atoms with van der Waals surface area (Å²) in [4.78, 5) is 24.5. The van der Waals surface area contributed by atoms with Gasteiger partial charge in [-0.3, -0.25) is 4.79 Å². The summed E-state index contributed by atoms with van der Waals surface area (Å²) < 4.78 is 15.1. The van der Waals surface area contributed by atoms with E-state index in [-0.39, 0.29) is 12.7 Å². The van der Waals surface area contributed by atoms with Crippen LogP contribution in [0.25, 0.3) is 5.65 Å². The zero-order valence-electron chi connectivity index (χ0n) is 18.5. The maximum Gasteiger partial charge on any atom is 0.274 e. The summed E-state index contributed by atoms with van der Waals surface area (Å²) in [6, 6.07) is 11.9. The topological polar surface area (TPSA) is 73.9 Å². The Labute approximate surface area is 191 Å². The average molecular weight is 444 g/mol. The van der Waals surface area contributed by atoms with Gasteiger partial charge in [-0.25, -0.2) is 9.97 Å². The van der Waals surface area contributed by atoms with Crippen molar-refractivity contribution in [1.82, 2.24) is 23.8 Å². The average Bonchev–Trinajstić information content (AvgIpc) is 3.58. The second-order valence-corrected chi connectivity index (χ2v) is 8.43. The van der Waals surface area contributed by atoms with Gasteiger partial charge in [-0.1, -0.05) is 19.1 Å². The van der Waals surface area contributed by atoms with Crippen LogP contribution < -0.4 is 9.47 Å². The molecular weight excluding hydrogens is 418 g/mol. The van der Waals surface area contributed by atoms with Crippen LogP contribution in [0.2, 0.25) is 0 Å². The molecule has 3 aromatic heterocycles. The summed E-state index contributed by atoms with van der Waals surface area (Å²) in [5.41, 5.74) is 4.68. The van der Waals surface area contributed by atoms with Gasteiger partial charge in [0.15, 0.2) is 11.5 Å². The van der Waals surface area contributed by atoms with Crippen molar-refractivity contribution in [3.63, 3.8) is 0 Å². The Balaban J connectivity index is 1.20. The Bertz CT molecular complexity index is 1320. The number of aromatic nitrogens is 4. The predicted octanol–water partition coefficient (Wildman–Crippen LogP) is 3.26. The van der Waals surface area contributed by atoms with E-state index >= 15 is 0 Å². The third-order valence-corrected chi connectivity index (χ3v) is 6.45. The van der Waals surface area contributed by atoms with Crippen LogP contribution in [0, 0.1) is 0 Å². The molecule has 8 nitrogen and oxygen atoms in total. The van der Waals surface area contributed by atoms with Crippen molar-refractivity contribution in [3.8, 4) is 11.5 Å². The summed E-state index contributed by atoms with van der Waals surface area (Å²) in [6.45, 7) is 4.37. The summed E-state index contributed by atoms with van der Waals surface area (Å²) >= 11 is 0. The molecule has 8 heteroatoms. The largest absolute Gasteiger partial charge is 0.454 e. The van der Waals surface area contributed by atoms with E-state index < -0.39 is 0 Å². The molecule has 0 aliphatic carbocycles. The first kappa shape index (κ1) is 19.8. The first-order valence-corrected chi connectivity index (χ1v) is 11.4. The number of hydrogen-bond donors (Lipinski definition) is 0. The molecule has 0 N–H and O–H groups in total. The van der Waals surface area contributed by atoms with Crippen molar-refractivity contribution in [1.29, 1.82) is 0 Å². The summed E-state index contributed by atoms with van der Waals surface area (Å²) in [5, 5.41) is 0. The SMILES string of the molecule is CCc1nc(CCc2ccc3c(c2)OCO3)n2c1CN(C(=O)c1cn3ccccc3n1)CC2. The number of aryl methyl sites for hydroxylation is 3. The molecule has 0 radical (unpaired) electrons. The first-order chi connectivity index (χ1) is 16.2. The van der Waals surface area contributed by atoms with Gasteiger partial charge in [-0.15, -0.1) is 0 Å². The number of pyridine rings is 1. The molecule has 4 aromatic rings. The number of benzene rings is 1. The van der Waals surface area contributed by atoms with Crippen LogP contribution in [0.4, 0.5) is 0 Å². The Hall–Kier alpha value is -3.81. The molecule has 6 rings (SSSR count). The minimum Gasteiger partial charge on any atom is -0.454 e. The molecule has 168 valence electrons. The lowest BCUT2D eigenvalue weighted by molar-refractivity contribution is 0.0704. The molecule has 5 heterocycles. The van der Waals surface area contributed by atoms with E-state index in [0.717, 1.165) is 60.2 Å². The first-order valence-electron chi connectivity index (χ1n) is 11.4. The highest BCUT2D eigenvalue weighted by Crippen LogP contribution is 2.33. The smallest absolute Gasteiger partial charge is 0.274 e. The predicted molar refractivity (Wildman–Crippen MR) is 122 cm³/mol. The summed E-state index contributed by atoms with van der Waals surface area (Å²) in [5.74, 6) is 2.67. The van der Waals surface area contributed by atoms with Gasteiger partial charge in [-0.05, 0) is 42.7 Å². The standard InChI is InChI=1S/C25H25N5O3/c1-2-18-20-15-29(25(31)19-14-28-10-4-3-5-23(28)27-19)11-12-30(20)24(26-18)9-7-17-6-8-21-22(13-17)33-16-32-21/h3-6,8,10,13-14H,2,7,9,11-12,15-16H2,1H3. The molecule has 1 amide bonds. The normalized spacial score (nSPS) is 14.6. The van der Waals surface area contributed by atoms with Crippen LogP contribution in [0.1, 0.15) is 40.2 Å². The maximum absolute atomic E-state index is 13.2. The van der Waals surface area contributed by atoms with E-state index in [1.165, 1.54) is 5.56 Å². The van der Waals surface area contributed by atoms with E-state index in [4.69, 9.17) is 14.5 Å². The molecule has 2 aliphatic rings. The van der Waals surface area contributed by atoms with Gasteiger partial charge >= 0.3 is 0 Å². The minimum atomic E-state index is -0.0323. The molecule has 2 aliphatic heterocycles. The van der Waals surface area contributed by atoms with Crippen molar-refractivity contribution in [3.05, 3.63) is 77.3 Å². The van der Waals surface area contributed by atoms with Crippen molar-refractivity contribution in [2.75, 3.05) is 13.3 Å². The number of rotatable bonds is 5. The highest BCUT2D eigenvalue weighted by Gasteiger charge is 2.28. The van der Waals surface area contributed by atoms with E-state index in [0.29, 0.717) is 18.8 Å². The fourth-order valence-corrected chi connectivity index (χ4v) is 4.71. The van der Waals surface area contributed by atoms with Gasteiger partial charge in [0.05, 0.1) is 17.9 Å². The second-order valence-electron chi connectivity index (χ2n) is 8.43. The zero-order valence-corrected chi connectivity index (χ0v) is 18.5. The molecule has 0 bridgehead atoms. The van der Waals surface area contributed by atoms with Crippen molar-refractivity contribution >= 4 is 11.6 Å². The van der Waals surface area contributed by atoms with Gasteiger partial charge in [0, 0.05) is 31.9 Å². The lowest BCUT2D eigenvalue weighted by Gasteiger charge is -2.29. The Kier molecular flexibility index (Phi) is 4.78. The van der Waals surface area contributed by atoms with Gasteiger partial charge in [0.2, 0.25) is 6.79 Å². The third-order valence-electron chi connectivity index (χ3n) is 6.45. The minimum absolute atomic E-state index is 0.0323. The fraction of sp³-hybridized carbons (Fsp3) is 0.320. The van der Waals surface area contributed by atoms with Gasteiger partial charge in [-0.2, -0.15) is 0 Å². The quantitative estimate of drug-likeness (QED) is 0.473. The molecule has 33 heavy (non-hydrogen) atoms. The number of carbonyl (C=O) groups excluding carboxylic acids is 1. The van der Waals surface area contributed by atoms with Crippen molar-refractivity contribution in [2.24, 2.45) is 0 Å². The molecular formula is C25H25N5O3. The van der Waals surface area contributed by atoms with Crippen molar-refractivity contribution in [2.45, 2.75) is 39.3 Å². The fourth-order valence-electron chi connectivity index (χ4n) is 4.71. The van der Waals surface area contributed by atoms with Gasteiger partial charge in [0.1, 0.15) is 17.2 Å². The highest BCUT2D eigenvalue weighted by atomic mass is 16.7. The monoisotopic (exact) mass is 443 g/mol. The zero-order chi connectivity index (χ0) is 22.4. The van der Waals surface area contributed by atoms with Crippen LogP contribution in [-0.4, -0.2) is 43.1 Å². The molecule has 0 saturated carbocycles. The number of hydrogen-bond acceptors (Lipinski definition) is 5. The molecule has 0 spiro atoms. The Morgan fingerprint density at radius 1 is 1.06 bits per heavy atom. The summed E-state index contributed by atoms with van der Waals surface area (Å²) in [6.07, 6.45) is 6.27. The number of nitrogens with zero attached hydrogens (tertiary/aromatic N) is 5. The molecule has 1 aromatic carbocycles. The van der Waals surface area contributed by atoms with Crippen LogP contribution in [0.15, 0.2) is 48.8 Å².